The van der Waals surface area contributed by atoms with Crippen molar-refractivity contribution in [2.45, 2.75) is 33.1 Å². The van der Waals surface area contributed by atoms with Gasteiger partial charge in [-0.05, 0) is 18.8 Å². The van der Waals surface area contributed by atoms with Crippen molar-refractivity contribution in [2.24, 2.45) is 11.8 Å². The van der Waals surface area contributed by atoms with Crippen molar-refractivity contribution >= 4 is 11.9 Å². The van der Waals surface area contributed by atoms with Gasteiger partial charge in [-0.15, -0.1) is 0 Å². The number of esters is 1. The Kier molecular flexibility index (Phi) is 5.92. The van der Waals surface area contributed by atoms with E-state index in [1.807, 2.05) is 13.8 Å². The van der Waals surface area contributed by atoms with E-state index in [2.05, 4.69) is 4.74 Å². The predicted molar refractivity (Wildman–Crippen MR) is 51.8 cm³/mol. The molecule has 0 aromatic rings. The molecule has 14 heavy (non-hydrogen) atoms. The first-order valence-corrected chi connectivity index (χ1v) is 4.77. The highest BCUT2D eigenvalue weighted by atomic mass is 16.5. The summed E-state index contributed by atoms with van der Waals surface area (Å²) < 4.78 is 4.61. The normalized spacial score (nSPS) is 12.6. The number of ether oxygens (including phenoxy) is 1. The van der Waals surface area contributed by atoms with Crippen molar-refractivity contribution in [3.63, 3.8) is 0 Å². The average Bonchev–Trinajstić information content (AvgIpc) is 2.10. The Balaban J connectivity index is 4.10. The van der Waals surface area contributed by atoms with Crippen molar-refractivity contribution < 1.29 is 19.4 Å². The van der Waals surface area contributed by atoms with E-state index in [4.69, 9.17) is 5.11 Å². The highest BCUT2D eigenvalue weighted by Crippen LogP contribution is 2.18. The first-order valence-electron chi connectivity index (χ1n) is 4.77. The summed E-state index contributed by atoms with van der Waals surface area (Å²) in [5.41, 5.74) is 0. The van der Waals surface area contributed by atoms with Crippen LogP contribution in [0.5, 0.6) is 0 Å². The fraction of sp³-hybridized carbons (Fsp3) is 0.800. The van der Waals surface area contributed by atoms with E-state index in [1.165, 1.54) is 7.11 Å². The topological polar surface area (TPSA) is 63.6 Å². The monoisotopic (exact) mass is 202 g/mol. The van der Waals surface area contributed by atoms with E-state index in [9.17, 15) is 9.59 Å². The molecule has 0 radical (unpaired) electrons. The maximum absolute atomic E-state index is 11.2. The summed E-state index contributed by atoms with van der Waals surface area (Å²) in [7, 11) is 1.33. The molecule has 4 heteroatoms. The third kappa shape index (κ3) is 5.56. The molecule has 0 aliphatic rings. The summed E-state index contributed by atoms with van der Waals surface area (Å²) in [6.07, 6.45) is 1.06. The summed E-state index contributed by atoms with van der Waals surface area (Å²) >= 11 is 0. The molecule has 0 aliphatic heterocycles. The molecule has 0 unspecified atom stereocenters. The van der Waals surface area contributed by atoms with Gasteiger partial charge < -0.3 is 9.84 Å². The Morgan fingerprint density at radius 2 is 1.93 bits per heavy atom. The second-order valence-corrected chi connectivity index (χ2v) is 3.78. The highest BCUT2D eigenvalue weighted by Gasteiger charge is 2.21. The summed E-state index contributed by atoms with van der Waals surface area (Å²) in [5.74, 6) is -1.09. The van der Waals surface area contributed by atoms with E-state index < -0.39 is 5.97 Å². The van der Waals surface area contributed by atoms with Crippen LogP contribution in [0.25, 0.3) is 0 Å². The quantitative estimate of drug-likeness (QED) is 0.666. The second kappa shape index (κ2) is 6.40. The number of carboxylic acids is 1. The Labute approximate surface area is 84.3 Å². The third-order valence-electron chi connectivity index (χ3n) is 2.00. The molecule has 0 aromatic carbocycles. The largest absolute Gasteiger partial charge is 0.481 e. The molecule has 4 nitrogen and oxygen atoms in total. The summed E-state index contributed by atoms with van der Waals surface area (Å²) in [5, 5.41) is 8.50. The lowest BCUT2D eigenvalue weighted by molar-refractivity contribution is -0.146. The number of carbonyl (C=O) groups is 2. The zero-order valence-electron chi connectivity index (χ0n) is 8.95. The maximum atomic E-state index is 11.2. The predicted octanol–water partition coefficient (Wildman–Crippen LogP) is 1.69. The van der Waals surface area contributed by atoms with Crippen LogP contribution in [0.2, 0.25) is 0 Å². The Hall–Kier alpha value is -1.06. The van der Waals surface area contributed by atoms with Crippen molar-refractivity contribution in [3.8, 4) is 0 Å². The Morgan fingerprint density at radius 1 is 1.36 bits per heavy atom. The molecule has 1 atom stereocenters. The minimum Gasteiger partial charge on any atom is -0.481 e. The van der Waals surface area contributed by atoms with Gasteiger partial charge >= 0.3 is 11.9 Å². The van der Waals surface area contributed by atoms with Crippen LogP contribution in [0, 0.1) is 11.8 Å². The molecule has 0 spiro atoms. The average molecular weight is 202 g/mol. The zero-order valence-corrected chi connectivity index (χ0v) is 8.95. The second-order valence-electron chi connectivity index (χ2n) is 3.78. The first kappa shape index (κ1) is 12.9. The van der Waals surface area contributed by atoms with Crippen molar-refractivity contribution in [1.82, 2.24) is 0 Å². The molecule has 0 rings (SSSR count). The van der Waals surface area contributed by atoms with Gasteiger partial charge in [-0.25, -0.2) is 0 Å². The minimum absolute atomic E-state index is 0.0203. The van der Waals surface area contributed by atoms with Gasteiger partial charge in [0.05, 0.1) is 13.0 Å². The molecule has 0 aliphatic carbocycles. The number of hydrogen-bond donors (Lipinski definition) is 1. The molecule has 0 fully saturated rings. The van der Waals surface area contributed by atoms with Crippen LogP contribution < -0.4 is 0 Å². The minimum atomic E-state index is -0.873. The molecule has 0 amide bonds. The molecule has 0 saturated heterocycles. The number of rotatable bonds is 6. The number of methoxy groups -OCH3 is 1. The van der Waals surface area contributed by atoms with Crippen LogP contribution in [0.15, 0.2) is 0 Å². The molecule has 0 heterocycles. The molecular weight excluding hydrogens is 184 g/mol. The zero-order chi connectivity index (χ0) is 11.1. The molecular formula is C10H18O4. The number of hydrogen-bond acceptors (Lipinski definition) is 3. The summed E-state index contributed by atoms with van der Waals surface area (Å²) in [4.78, 5) is 21.6. The Morgan fingerprint density at radius 3 is 2.29 bits per heavy atom. The highest BCUT2D eigenvalue weighted by molar-refractivity contribution is 5.73. The number of carboxylic acid groups (broad SMARTS) is 1. The van der Waals surface area contributed by atoms with E-state index in [-0.39, 0.29) is 18.3 Å². The van der Waals surface area contributed by atoms with Gasteiger partial charge in [0.25, 0.3) is 0 Å². The third-order valence-corrected chi connectivity index (χ3v) is 2.00. The van der Waals surface area contributed by atoms with Crippen LogP contribution >= 0.6 is 0 Å². The fourth-order valence-corrected chi connectivity index (χ4v) is 1.37. The fourth-order valence-electron chi connectivity index (χ4n) is 1.37. The van der Waals surface area contributed by atoms with Gasteiger partial charge in [0.15, 0.2) is 0 Å². The smallest absolute Gasteiger partial charge is 0.308 e. The van der Waals surface area contributed by atoms with Crippen LogP contribution in [-0.4, -0.2) is 24.2 Å². The molecule has 0 bridgehead atoms. The van der Waals surface area contributed by atoms with Gasteiger partial charge in [-0.2, -0.15) is 0 Å². The van der Waals surface area contributed by atoms with Crippen molar-refractivity contribution in [2.75, 3.05) is 7.11 Å². The molecule has 82 valence electrons. The standard InChI is InChI=1S/C10H18O4/c1-7(2)6-8(10(13)14-3)4-5-9(11)12/h7-8H,4-6H2,1-3H3,(H,11,12)/t8-/m1/s1. The lowest BCUT2D eigenvalue weighted by Crippen LogP contribution is -2.19. The lowest BCUT2D eigenvalue weighted by Gasteiger charge is -2.15. The van der Waals surface area contributed by atoms with Crippen LogP contribution in [-0.2, 0) is 14.3 Å². The van der Waals surface area contributed by atoms with Gasteiger partial charge in [-0.1, -0.05) is 13.8 Å². The maximum Gasteiger partial charge on any atom is 0.308 e. The van der Waals surface area contributed by atoms with E-state index >= 15 is 0 Å². The van der Waals surface area contributed by atoms with Gasteiger partial charge in [0.1, 0.15) is 0 Å². The van der Waals surface area contributed by atoms with Gasteiger partial charge in [0.2, 0.25) is 0 Å². The number of carbonyl (C=O) groups excluding carboxylic acids is 1. The molecule has 0 saturated carbocycles. The van der Waals surface area contributed by atoms with Gasteiger partial charge in [0, 0.05) is 6.42 Å². The lowest BCUT2D eigenvalue weighted by atomic mass is 9.93. The molecule has 0 aromatic heterocycles. The first-order chi connectivity index (χ1) is 6.47. The van der Waals surface area contributed by atoms with E-state index in [1.54, 1.807) is 0 Å². The molecule has 1 N–H and O–H groups in total. The van der Waals surface area contributed by atoms with Gasteiger partial charge in [-0.3, -0.25) is 9.59 Å². The van der Waals surface area contributed by atoms with Crippen LogP contribution in [0.4, 0.5) is 0 Å². The summed E-state index contributed by atoms with van der Waals surface area (Å²) in [6, 6.07) is 0. The Bertz CT molecular complexity index is 198. The van der Waals surface area contributed by atoms with E-state index in [0.29, 0.717) is 18.8 Å². The van der Waals surface area contributed by atoms with E-state index in [0.717, 1.165) is 0 Å². The van der Waals surface area contributed by atoms with Crippen LogP contribution in [0.1, 0.15) is 33.1 Å². The van der Waals surface area contributed by atoms with Crippen molar-refractivity contribution in [1.29, 1.82) is 0 Å². The number of aliphatic carboxylic acids is 1. The van der Waals surface area contributed by atoms with Crippen molar-refractivity contribution in [3.05, 3.63) is 0 Å². The summed E-state index contributed by atoms with van der Waals surface area (Å²) in [6.45, 7) is 3.99. The SMILES string of the molecule is COC(=O)[C@H](CCC(=O)O)CC(C)C. The van der Waals surface area contributed by atoms with Crippen LogP contribution in [0.3, 0.4) is 0 Å².